The topological polar surface area (TPSA) is 105 Å². The van der Waals surface area contributed by atoms with Gasteiger partial charge in [0.1, 0.15) is 22.4 Å². The Balaban J connectivity index is 1.87. The van der Waals surface area contributed by atoms with E-state index in [1.807, 2.05) is 6.07 Å². The molecule has 0 radical (unpaired) electrons. The Morgan fingerprint density at radius 2 is 1.96 bits per heavy atom. The first-order chi connectivity index (χ1) is 13.0. The van der Waals surface area contributed by atoms with Crippen LogP contribution in [0.1, 0.15) is 39.2 Å². The molecule has 1 aliphatic carbocycles. The fourth-order valence-corrected chi connectivity index (χ4v) is 4.39. The number of primary amides is 1. The molecule has 3 N–H and O–H groups in total. The molecular formula is C20H19N3O3S. The number of thiophene rings is 1. The molecule has 2 amide bonds. The number of nitrogens with two attached hydrogens (primary N) is 1. The number of nitrogens with zero attached hydrogens (tertiary/aromatic N) is 1. The van der Waals surface area contributed by atoms with Crippen molar-refractivity contribution in [3.63, 3.8) is 0 Å². The molecular weight excluding hydrogens is 362 g/mol. The number of fused-ring (bicyclic) bond motifs is 1. The second-order valence-electron chi connectivity index (χ2n) is 6.18. The molecule has 0 unspecified atom stereocenters. The summed E-state index contributed by atoms with van der Waals surface area (Å²) in [6, 6.07) is 8.91. The maximum Gasteiger partial charge on any atom is 0.266 e. The van der Waals surface area contributed by atoms with Gasteiger partial charge >= 0.3 is 0 Å². The van der Waals surface area contributed by atoms with Crippen LogP contribution in [0.25, 0.3) is 6.08 Å². The first-order valence-electron chi connectivity index (χ1n) is 8.55. The van der Waals surface area contributed by atoms with E-state index in [4.69, 9.17) is 10.5 Å². The molecule has 0 saturated carbocycles. The van der Waals surface area contributed by atoms with Crippen molar-refractivity contribution in [2.24, 2.45) is 5.73 Å². The maximum absolute atomic E-state index is 12.6. The summed E-state index contributed by atoms with van der Waals surface area (Å²) in [5.74, 6) is -0.429. The zero-order chi connectivity index (χ0) is 19.4. The molecule has 0 spiro atoms. The zero-order valence-electron chi connectivity index (χ0n) is 14.9. The van der Waals surface area contributed by atoms with Crippen LogP contribution in [0.3, 0.4) is 0 Å². The van der Waals surface area contributed by atoms with E-state index in [0.29, 0.717) is 21.9 Å². The molecule has 0 bridgehead atoms. The second-order valence-corrected chi connectivity index (χ2v) is 7.28. The Labute approximate surface area is 161 Å². The van der Waals surface area contributed by atoms with E-state index in [-0.39, 0.29) is 5.57 Å². The number of ether oxygens (including phenoxy) is 1. The number of methoxy groups -OCH3 is 1. The van der Waals surface area contributed by atoms with Crippen molar-refractivity contribution < 1.29 is 14.3 Å². The van der Waals surface area contributed by atoms with Crippen LogP contribution in [0.2, 0.25) is 0 Å². The first-order valence-corrected chi connectivity index (χ1v) is 9.36. The number of hydrogen-bond donors (Lipinski definition) is 2. The van der Waals surface area contributed by atoms with Crippen LogP contribution in [0, 0.1) is 11.3 Å². The summed E-state index contributed by atoms with van der Waals surface area (Å²) in [5.41, 5.74) is 7.50. The molecule has 138 valence electrons. The largest absolute Gasteiger partial charge is 0.497 e. The predicted octanol–water partition coefficient (Wildman–Crippen LogP) is 3.28. The Bertz CT molecular complexity index is 952. The molecule has 0 fully saturated rings. The molecule has 0 saturated heterocycles. The summed E-state index contributed by atoms with van der Waals surface area (Å²) in [6.45, 7) is 0. The summed E-state index contributed by atoms with van der Waals surface area (Å²) in [4.78, 5) is 25.6. The second kappa shape index (κ2) is 8.06. The van der Waals surface area contributed by atoms with Crippen LogP contribution >= 0.6 is 11.3 Å². The molecule has 0 aliphatic heterocycles. The summed E-state index contributed by atoms with van der Waals surface area (Å²) in [7, 11) is 1.57. The lowest BCUT2D eigenvalue weighted by molar-refractivity contribution is -0.112. The normalized spacial score (nSPS) is 13.4. The van der Waals surface area contributed by atoms with Crippen LogP contribution < -0.4 is 15.8 Å². The third kappa shape index (κ3) is 4.01. The molecule has 6 nitrogen and oxygen atoms in total. The van der Waals surface area contributed by atoms with Crippen LogP contribution in [-0.2, 0) is 17.6 Å². The van der Waals surface area contributed by atoms with Gasteiger partial charge in [0.2, 0.25) is 0 Å². The summed E-state index contributed by atoms with van der Waals surface area (Å²) in [5, 5.41) is 12.5. The Kier molecular flexibility index (Phi) is 5.57. The number of benzene rings is 1. The van der Waals surface area contributed by atoms with E-state index >= 15 is 0 Å². The van der Waals surface area contributed by atoms with Crippen LogP contribution in [0.5, 0.6) is 5.75 Å². The summed E-state index contributed by atoms with van der Waals surface area (Å²) >= 11 is 1.37. The number of rotatable bonds is 5. The molecule has 1 heterocycles. The van der Waals surface area contributed by atoms with E-state index in [1.165, 1.54) is 17.4 Å². The molecule has 0 atom stereocenters. The summed E-state index contributed by atoms with van der Waals surface area (Å²) < 4.78 is 5.09. The average Bonchev–Trinajstić information content (AvgIpc) is 3.04. The van der Waals surface area contributed by atoms with Crippen molar-refractivity contribution in [1.82, 2.24) is 0 Å². The zero-order valence-corrected chi connectivity index (χ0v) is 15.7. The third-order valence-corrected chi connectivity index (χ3v) is 5.64. The minimum atomic E-state index is -0.561. The standard InChI is InChI=1S/C20H19N3O3S/c1-26-14-8-6-12(7-9-14)10-13(11-21)19(25)23-20-17(18(22)24)15-4-2-3-5-16(15)27-20/h6-10H,2-5H2,1H3,(H2,22,24)(H,23,25)/b13-10-. The van der Waals surface area contributed by atoms with Crippen LogP contribution in [-0.4, -0.2) is 18.9 Å². The third-order valence-electron chi connectivity index (χ3n) is 4.44. The Morgan fingerprint density at radius 1 is 1.26 bits per heavy atom. The quantitative estimate of drug-likeness (QED) is 0.612. The number of carbonyl (C=O) groups is 2. The van der Waals surface area contributed by atoms with Gasteiger partial charge in [-0.15, -0.1) is 11.3 Å². The predicted molar refractivity (Wildman–Crippen MR) is 105 cm³/mol. The molecule has 2 aromatic rings. The molecule has 1 aromatic heterocycles. The SMILES string of the molecule is COc1ccc(/C=C(/C#N)C(=O)Nc2sc3c(c2C(N)=O)CCCC3)cc1. The monoisotopic (exact) mass is 381 g/mol. The van der Waals surface area contributed by atoms with Crippen molar-refractivity contribution in [3.05, 3.63) is 51.4 Å². The van der Waals surface area contributed by atoms with E-state index in [1.54, 1.807) is 31.4 Å². The van der Waals surface area contributed by atoms with E-state index < -0.39 is 11.8 Å². The fourth-order valence-electron chi connectivity index (χ4n) is 3.10. The Hall–Kier alpha value is -3.11. The van der Waals surface area contributed by atoms with Crippen molar-refractivity contribution in [1.29, 1.82) is 5.26 Å². The van der Waals surface area contributed by atoms with Gasteiger partial charge in [-0.2, -0.15) is 5.26 Å². The van der Waals surface area contributed by atoms with Crippen molar-refractivity contribution in [2.75, 3.05) is 12.4 Å². The number of carbonyl (C=O) groups excluding carboxylic acids is 2. The first kappa shape index (κ1) is 18.7. The molecule has 1 aromatic carbocycles. The van der Waals surface area contributed by atoms with Crippen LogP contribution in [0.15, 0.2) is 29.8 Å². The minimum absolute atomic E-state index is 0.0537. The number of nitrogens with one attached hydrogen (secondary N) is 1. The van der Waals surface area contributed by atoms with Crippen molar-refractivity contribution in [3.8, 4) is 11.8 Å². The van der Waals surface area contributed by atoms with Gasteiger partial charge in [-0.3, -0.25) is 9.59 Å². The molecule has 1 aliphatic rings. The van der Waals surface area contributed by atoms with Gasteiger partial charge in [0.05, 0.1) is 12.7 Å². The number of anilines is 1. The minimum Gasteiger partial charge on any atom is -0.497 e. The molecule has 3 rings (SSSR count). The lowest BCUT2D eigenvalue weighted by atomic mass is 9.95. The van der Waals surface area contributed by atoms with Crippen molar-refractivity contribution in [2.45, 2.75) is 25.7 Å². The highest BCUT2D eigenvalue weighted by Gasteiger charge is 2.25. The average molecular weight is 381 g/mol. The number of aryl methyl sites for hydroxylation is 1. The van der Waals surface area contributed by atoms with Crippen LogP contribution in [0.4, 0.5) is 5.00 Å². The van der Waals surface area contributed by atoms with E-state index in [9.17, 15) is 14.9 Å². The summed E-state index contributed by atoms with van der Waals surface area (Å²) in [6.07, 6.45) is 5.21. The van der Waals surface area contributed by atoms with E-state index in [2.05, 4.69) is 5.32 Å². The van der Waals surface area contributed by atoms with Gasteiger partial charge in [-0.1, -0.05) is 12.1 Å². The fraction of sp³-hybridized carbons (Fsp3) is 0.250. The van der Waals surface area contributed by atoms with Crippen molar-refractivity contribution >= 4 is 34.2 Å². The maximum atomic E-state index is 12.6. The number of nitriles is 1. The van der Waals surface area contributed by atoms with Gasteiger partial charge in [0.15, 0.2) is 0 Å². The van der Waals surface area contributed by atoms with Gasteiger partial charge < -0.3 is 15.8 Å². The smallest absolute Gasteiger partial charge is 0.266 e. The highest BCUT2D eigenvalue weighted by atomic mass is 32.1. The molecule has 27 heavy (non-hydrogen) atoms. The lowest BCUT2D eigenvalue weighted by Crippen LogP contribution is -2.19. The van der Waals surface area contributed by atoms with Gasteiger partial charge in [0.25, 0.3) is 11.8 Å². The van der Waals surface area contributed by atoms with Gasteiger partial charge in [-0.25, -0.2) is 0 Å². The molecule has 7 heteroatoms. The highest BCUT2D eigenvalue weighted by molar-refractivity contribution is 7.17. The van der Waals surface area contributed by atoms with Gasteiger partial charge in [-0.05, 0) is 55.0 Å². The number of hydrogen-bond acceptors (Lipinski definition) is 5. The number of amides is 2. The highest BCUT2D eigenvalue weighted by Crippen LogP contribution is 2.38. The van der Waals surface area contributed by atoms with E-state index in [0.717, 1.165) is 36.1 Å². The Morgan fingerprint density at radius 3 is 2.59 bits per heavy atom. The lowest BCUT2D eigenvalue weighted by Gasteiger charge is -2.11. The van der Waals surface area contributed by atoms with Gasteiger partial charge in [0, 0.05) is 4.88 Å².